The van der Waals surface area contributed by atoms with E-state index < -0.39 is 18.0 Å². The van der Waals surface area contributed by atoms with Crippen LogP contribution in [0.15, 0.2) is 37.5 Å². The number of aliphatic hydroxyl groups excluding tert-OH is 1. The average molecular weight is 577 g/mol. The molecule has 4 unspecified atom stereocenters. The van der Waals surface area contributed by atoms with Gasteiger partial charge in [0.15, 0.2) is 5.82 Å². The first-order valence-corrected chi connectivity index (χ1v) is 11.9. The summed E-state index contributed by atoms with van der Waals surface area (Å²) in [6.45, 7) is 7.54. The normalized spacial score (nSPS) is 27.4. The molecule has 1 aliphatic carbocycles. The number of rotatable bonds is 4. The molecule has 1 aromatic rings. The third kappa shape index (κ3) is 7.87. The van der Waals surface area contributed by atoms with E-state index in [1.807, 2.05) is 48.9 Å². The number of aliphatic imine (C=N–C) groups is 2. The van der Waals surface area contributed by atoms with E-state index in [-0.39, 0.29) is 35.1 Å². The van der Waals surface area contributed by atoms with Gasteiger partial charge in [-0.3, -0.25) is 0 Å². The van der Waals surface area contributed by atoms with Gasteiger partial charge in [0, 0.05) is 5.92 Å². The summed E-state index contributed by atoms with van der Waals surface area (Å²) in [6.07, 6.45) is 1.86. The first kappa shape index (κ1) is 27.4. The molecule has 0 amide bonds. The number of pyridine rings is 1. The van der Waals surface area contributed by atoms with Crippen molar-refractivity contribution in [3.8, 4) is 0 Å². The van der Waals surface area contributed by atoms with Gasteiger partial charge in [0.1, 0.15) is 17.2 Å². The second-order valence-corrected chi connectivity index (χ2v) is 9.07. The number of hydrogen-bond donors (Lipinski definition) is 2. The van der Waals surface area contributed by atoms with Gasteiger partial charge in [-0.1, -0.05) is 32.4 Å². The van der Waals surface area contributed by atoms with E-state index in [1.165, 1.54) is 6.07 Å². The molecule has 0 aromatic carbocycles. The van der Waals surface area contributed by atoms with Crippen LogP contribution in [0.25, 0.3) is 0 Å². The molecule has 10 heteroatoms. The highest BCUT2D eigenvalue weighted by Crippen LogP contribution is 2.34. The third-order valence-electron chi connectivity index (χ3n) is 5.97. The van der Waals surface area contributed by atoms with Crippen molar-refractivity contribution in [2.45, 2.75) is 65.7 Å². The fourth-order valence-corrected chi connectivity index (χ4v) is 3.95. The van der Waals surface area contributed by atoms with E-state index in [4.69, 9.17) is 5.73 Å². The highest BCUT2D eigenvalue weighted by Gasteiger charge is 2.33. The Morgan fingerprint density at radius 1 is 1.12 bits per heavy atom. The number of alkyl halides is 3. The van der Waals surface area contributed by atoms with Gasteiger partial charge in [0.2, 0.25) is 0 Å². The molecule has 0 spiro atoms. The third-order valence-corrected chi connectivity index (χ3v) is 6.69. The van der Waals surface area contributed by atoms with E-state index >= 15 is 0 Å². The van der Waals surface area contributed by atoms with Crippen LogP contribution in [0.4, 0.5) is 24.7 Å². The Morgan fingerprint density at radius 3 is 2.42 bits per heavy atom. The molecule has 3 N–H and O–H groups in total. The summed E-state index contributed by atoms with van der Waals surface area (Å²) < 4.78 is 44.0. The Balaban J connectivity index is 2.52. The number of aliphatic hydroxyl groups is 1. The largest absolute Gasteiger partial charge is 0.433 e. The number of nitrogens with zero attached hydrogens (tertiary/aromatic N) is 4. The standard InChI is InChI=1S/C23H31F3IN5O/c1-13-7-5-8-14(2)19(33)10-6-9-17(13)21(28)31-22-18(29-15(3)16(4)32-27)11-12-20(30-22)23(24,25)26/h6,9,11-14,17,19,33H,5,7-8,10H2,1-4H3,(H2,28,30,31)/b9-6+,29-15?,32-16?. The molecule has 0 aliphatic heterocycles. The number of aromatic nitrogens is 1. The molecule has 0 fully saturated rings. The monoisotopic (exact) mass is 577 g/mol. The molecule has 1 aliphatic rings. The Hall–Kier alpha value is -1.82. The molecular formula is C23H31F3IN5O. The molecule has 0 radical (unpaired) electrons. The summed E-state index contributed by atoms with van der Waals surface area (Å²) in [5, 5.41) is 10.3. The van der Waals surface area contributed by atoms with Crippen molar-refractivity contribution in [1.82, 2.24) is 4.98 Å². The van der Waals surface area contributed by atoms with Crippen LogP contribution >= 0.6 is 22.9 Å². The molecule has 0 bridgehead atoms. The molecular weight excluding hydrogens is 546 g/mol. The summed E-state index contributed by atoms with van der Waals surface area (Å²) in [4.78, 5) is 12.4. The van der Waals surface area contributed by atoms with Crippen LogP contribution in [0.5, 0.6) is 0 Å². The van der Waals surface area contributed by atoms with Gasteiger partial charge in [-0.2, -0.15) is 13.2 Å². The van der Waals surface area contributed by atoms with E-state index in [0.717, 1.165) is 25.3 Å². The number of hydrogen-bond acceptors (Lipinski definition) is 5. The van der Waals surface area contributed by atoms with Crippen molar-refractivity contribution in [2.24, 2.45) is 36.7 Å². The van der Waals surface area contributed by atoms with Crippen LogP contribution in [0.1, 0.15) is 59.1 Å². The molecule has 2 rings (SSSR count). The zero-order valence-electron chi connectivity index (χ0n) is 19.3. The highest BCUT2D eigenvalue weighted by molar-refractivity contribution is 14.1. The minimum absolute atomic E-state index is 0.125. The molecule has 0 saturated heterocycles. The van der Waals surface area contributed by atoms with Crippen molar-refractivity contribution in [1.29, 1.82) is 0 Å². The Kier molecular flexibility index (Phi) is 10.0. The van der Waals surface area contributed by atoms with Crippen molar-refractivity contribution >= 4 is 51.6 Å². The Bertz CT molecular complexity index is 943. The smallest absolute Gasteiger partial charge is 0.393 e. The zero-order chi connectivity index (χ0) is 24.8. The lowest BCUT2D eigenvalue weighted by Crippen LogP contribution is -2.28. The summed E-state index contributed by atoms with van der Waals surface area (Å²) in [5.74, 6) is 0.0196. The fourth-order valence-electron chi connectivity index (χ4n) is 3.60. The topological polar surface area (TPSA) is 96.2 Å². The number of halogens is 4. The van der Waals surface area contributed by atoms with Crippen molar-refractivity contribution < 1.29 is 18.3 Å². The molecule has 182 valence electrons. The van der Waals surface area contributed by atoms with Crippen LogP contribution in [0.3, 0.4) is 0 Å². The maximum atomic E-state index is 13.3. The lowest BCUT2D eigenvalue weighted by atomic mass is 9.84. The van der Waals surface area contributed by atoms with Gasteiger partial charge in [0.05, 0.1) is 40.4 Å². The van der Waals surface area contributed by atoms with E-state index in [2.05, 4.69) is 18.2 Å². The van der Waals surface area contributed by atoms with Gasteiger partial charge >= 0.3 is 6.18 Å². The minimum Gasteiger partial charge on any atom is -0.393 e. The Morgan fingerprint density at radius 2 is 1.79 bits per heavy atom. The van der Waals surface area contributed by atoms with Crippen molar-refractivity contribution in [3.05, 3.63) is 30.0 Å². The summed E-state index contributed by atoms with van der Waals surface area (Å²) in [6, 6.07) is 2.13. The average Bonchev–Trinajstić information content (AvgIpc) is 2.75. The van der Waals surface area contributed by atoms with Crippen LogP contribution < -0.4 is 5.73 Å². The second kappa shape index (κ2) is 12.0. The first-order chi connectivity index (χ1) is 15.4. The highest BCUT2D eigenvalue weighted by atomic mass is 127. The van der Waals surface area contributed by atoms with Crippen molar-refractivity contribution in [2.75, 3.05) is 0 Å². The van der Waals surface area contributed by atoms with E-state index in [1.54, 1.807) is 13.8 Å². The second-order valence-electron chi connectivity index (χ2n) is 8.58. The maximum absolute atomic E-state index is 13.3. The fraction of sp³-hybridized carbons (Fsp3) is 0.565. The van der Waals surface area contributed by atoms with Crippen LogP contribution in [-0.2, 0) is 6.18 Å². The van der Waals surface area contributed by atoms with Gasteiger partial charge in [-0.25, -0.2) is 18.2 Å². The molecule has 0 saturated carbocycles. The van der Waals surface area contributed by atoms with Gasteiger partial charge in [0.25, 0.3) is 0 Å². The Labute approximate surface area is 206 Å². The predicted octanol–water partition coefficient (Wildman–Crippen LogP) is 6.37. The molecule has 6 nitrogen and oxygen atoms in total. The predicted molar refractivity (Wildman–Crippen MR) is 136 cm³/mol. The van der Waals surface area contributed by atoms with E-state index in [0.29, 0.717) is 17.8 Å². The van der Waals surface area contributed by atoms with E-state index in [9.17, 15) is 18.3 Å². The summed E-state index contributed by atoms with van der Waals surface area (Å²) in [7, 11) is 0. The van der Waals surface area contributed by atoms with Gasteiger partial charge in [-0.15, -0.1) is 0 Å². The SMILES string of the molecule is CC(=NI)C(C)=Nc1ccc(C(F)(F)F)nc1N=C(N)C1/C=C/CC(O)C(C)CCCC1C. The lowest BCUT2D eigenvalue weighted by Gasteiger charge is -2.25. The number of amidine groups is 1. The van der Waals surface area contributed by atoms with Crippen LogP contribution in [0, 0.1) is 17.8 Å². The quantitative estimate of drug-likeness (QED) is 0.188. The first-order valence-electron chi connectivity index (χ1n) is 10.9. The van der Waals surface area contributed by atoms with Gasteiger partial charge in [-0.05, 0) is 57.1 Å². The number of nitrogens with two attached hydrogens (primary N) is 1. The van der Waals surface area contributed by atoms with Gasteiger partial charge < -0.3 is 10.8 Å². The molecule has 4 atom stereocenters. The minimum atomic E-state index is -4.62. The zero-order valence-corrected chi connectivity index (χ0v) is 21.4. The lowest BCUT2D eigenvalue weighted by molar-refractivity contribution is -0.141. The summed E-state index contributed by atoms with van der Waals surface area (Å²) >= 11 is 1.83. The maximum Gasteiger partial charge on any atom is 0.433 e. The molecule has 33 heavy (non-hydrogen) atoms. The van der Waals surface area contributed by atoms with Crippen LogP contribution in [0.2, 0.25) is 0 Å². The van der Waals surface area contributed by atoms with Crippen LogP contribution in [-0.4, -0.2) is 33.5 Å². The molecule has 1 heterocycles. The molecule has 1 aromatic heterocycles. The van der Waals surface area contributed by atoms with Crippen molar-refractivity contribution in [3.63, 3.8) is 0 Å². The summed E-state index contributed by atoms with van der Waals surface area (Å²) in [5.41, 5.74) is 6.63.